The number of aliphatic hydroxyl groups excluding tert-OH is 1. The van der Waals surface area contributed by atoms with E-state index in [0.717, 1.165) is 5.56 Å². The van der Waals surface area contributed by atoms with Crippen molar-refractivity contribution in [3.05, 3.63) is 28.8 Å². The third-order valence-electron chi connectivity index (χ3n) is 2.95. The van der Waals surface area contributed by atoms with Crippen molar-refractivity contribution >= 4 is 11.6 Å². The Morgan fingerprint density at radius 1 is 1.41 bits per heavy atom. The highest BCUT2D eigenvalue weighted by Crippen LogP contribution is 2.30. The van der Waals surface area contributed by atoms with Crippen LogP contribution < -0.4 is 10.5 Å². The highest BCUT2D eigenvalue weighted by molar-refractivity contribution is 6.32. The van der Waals surface area contributed by atoms with Crippen molar-refractivity contribution in [2.75, 3.05) is 7.11 Å². The Labute approximate surface area is 108 Å². The second-order valence-electron chi connectivity index (χ2n) is 4.46. The molecule has 1 rings (SSSR count). The first kappa shape index (κ1) is 14.3. The van der Waals surface area contributed by atoms with E-state index in [-0.39, 0.29) is 12.0 Å². The third-order valence-corrected chi connectivity index (χ3v) is 3.24. The van der Waals surface area contributed by atoms with Crippen LogP contribution in [0.4, 0.5) is 0 Å². The average Bonchev–Trinajstić information content (AvgIpc) is 2.28. The zero-order valence-corrected chi connectivity index (χ0v) is 11.2. The molecule has 0 saturated carbocycles. The summed E-state index contributed by atoms with van der Waals surface area (Å²) in [4.78, 5) is 0. The predicted octanol–water partition coefficient (Wildman–Crippen LogP) is 2.55. The van der Waals surface area contributed by atoms with Gasteiger partial charge >= 0.3 is 0 Å². The quantitative estimate of drug-likeness (QED) is 0.852. The van der Waals surface area contributed by atoms with Crippen LogP contribution in [0.15, 0.2) is 18.2 Å². The molecule has 0 heterocycles. The van der Waals surface area contributed by atoms with Crippen LogP contribution in [-0.2, 0) is 0 Å². The number of nitrogens with two attached hydrogens (primary N) is 1. The van der Waals surface area contributed by atoms with E-state index in [4.69, 9.17) is 22.1 Å². The molecule has 17 heavy (non-hydrogen) atoms. The molecule has 0 fully saturated rings. The minimum atomic E-state index is -0.495. The molecular formula is C13H20ClNO2. The van der Waals surface area contributed by atoms with Gasteiger partial charge in [0.25, 0.3) is 0 Å². The van der Waals surface area contributed by atoms with E-state index < -0.39 is 6.10 Å². The largest absolute Gasteiger partial charge is 0.495 e. The van der Waals surface area contributed by atoms with Gasteiger partial charge in [-0.1, -0.05) is 24.6 Å². The second-order valence-corrected chi connectivity index (χ2v) is 4.86. The standard InChI is InChI=1S/C13H20ClNO2/c1-8(6-12(16)9(2)15)10-4-5-13(17-3)11(14)7-10/h4-5,7-9,12,16H,6,15H2,1-3H3. The van der Waals surface area contributed by atoms with Crippen molar-refractivity contribution in [2.24, 2.45) is 5.73 Å². The molecule has 96 valence electrons. The van der Waals surface area contributed by atoms with Crippen LogP contribution in [0, 0.1) is 0 Å². The number of hydrogen-bond donors (Lipinski definition) is 2. The maximum Gasteiger partial charge on any atom is 0.137 e. The number of methoxy groups -OCH3 is 1. The molecular weight excluding hydrogens is 238 g/mol. The van der Waals surface area contributed by atoms with Crippen LogP contribution in [0.2, 0.25) is 5.02 Å². The fourth-order valence-corrected chi connectivity index (χ4v) is 1.97. The van der Waals surface area contributed by atoms with Crippen LogP contribution in [0.5, 0.6) is 5.75 Å². The number of rotatable bonds is 5. The maximum atomic E-state index is 9.75. The lowest BCUT2D eigenvalue weighted by atomic mass is 9.93. The molecule has 0 saturated heterocycles. The second kappa shape index (κ2) is 6.24. The normalized spacial score (nSPS) is 16.4. The summed E-state index contributed by atoms with van der Waals surface area (Å²) in [5.41, 5.74) is 6.72. The average molecular weight is 258 g/mol. The summed E-state index contributed by atoms with van der Waals surface area (Å²) in [5.74, 6) is 0.870. The van der Waals surface area contributed by atoms with Gasteiger partial charge in [-0.05, 0) is 37.0 Å². The van der Waals surface area contributed by atoms with Crippen molar-refractivity contribution in [1.29, 1.82) is 0 Å². The van der Waals surface area contributed by atoms with Gasteiger partial charge in [0, 0.05) is 6.04 Å². The number of benzene rings is 1. The molecule has 3 N–H and O–H groups in total. The third kappa shape index (κ3) is 3.87. The van der Waals surface area contributed by atoms with Gasteiger partial charge in [-0.25, -0.2) is 0 Å². The first-order valence-electron chi connectivity index (χ1n) is 5.72. The molecule has 0 amide bonds. The van der Waals surface area contributed by atoms with Gasteiger partial charge in [0.2, 0.25) is 0 Å². The Hall–Kier alpha value is -0.770. The van der Waals surface area contributed by atoms with Crippen molar-refractivity contribution < 1.29 is 9.84 Å². The first-order chi connectivity index (χ1) is 7.95. The zero-order valence-electron chi connectivity index (χ0n) is 10.5. The topological polar surface area (TPSA) is 55.5 Å². The molecule has 3 nitrogen and oxygen atoms in total. The SMILES string of the molecule is COc1ccc(C(C)CC(O)C(C)N)cc1Cl. The number of aliphatic hydroxyl groups is 1. The van der Waals surface area contributed by atoms with Gasteiger partial charge in [0.15, 0.2) is 0 Å². The molecule has 4 heteroatoms. The van der Waals surface area contributed by atoms with E-state index >= 15 is 0 Å². The summed E-state index contributed by atoms with van der Waals surface area (Å²) in [5, 5.41) is 10.3. The van der Waals surface area contributed by atoms with Crippen LogP contribution in [0.1, 0.15) is 31.7 Å². The van der Waals surface area contributed by atoms with Crippen LogP contribution in [0.3, 0.4) is 0 Å². The summed E-state index contributed by atoms with van der Waals surface area (Å²) in [6, 6.07) is 5.46. The van der Waals surface area contributed by atoms with Crippen LogP contribution >= 0.6 is 11.6 Å². The van der Waals surface area contributed by atoms with E-state index in [1.54, 1.807) is 14.0 Å². The van der Waals surface area contributed by atoms with Crippen LogP contribution in [-0.4, -0.2) is 24.4 Å². The molecule has 3 atom stereocenters. The molecule has 0 bridgehead atoms. The summed E-state index contributed by atoms with van der Waals surface area (Å²) in [6.07, 6.45) is 0.131. The summed E-state index contributed by atoms with van der Waals surface area (Å²) < 4.78 is 5.10. The fraction of sp³-hybridized carbons (Fsp3) is 0.538. The van der Waals surface area contributed by atoms with Crippen molar-refractivity contribution in [1.82, 2.24) is 0 Å². The lowest BCUT2D eigenvalue weighted by molar-refractivity contribution is 0.134. The highest BCUT2D eigenvalue weighted by atomic mass is 35.5. The zero-order chi connectivity index (χ0) is 13.0. The predicted molar refractivity (Wildman–Crippen MR) is 70.7 cm³/mol. The van der Waals surface area contributed by atoms with Gasteiger partial charge in [0.1, 0.15) is 5.75 Å². The van der Waals surface area contributed by atoms with E-state index in [9.17, 15) is 5.11 Å². The Balaban J connectivity index is 2.76. The monoisotopic (exact) mass is 257 g/mol. The molecule has 0 aromatic heterocycles. The van der Waals surface area contributed by atoms with E-state index in [0.29, 0.717) is 17.2 Å². The lowest BCUT2D eigenvalue weighted by Crippen LogP contribution is -2.32. The smallest absolute Gasteiger partial charge is 0.137 e. The Kier molecular flexibility index (Phi) is 5.25. The highest BCUT2D eigenvalue weighted by Gasteiger charge is 2.16. The maximum absolute atomic E-state index is 9.75. The Bertz CT molecular complexity index is 368. The van der Waals surface area contributed by atoms with Gasteiger partial charge in [-0.2, -0.15) is 0 Å². The first-order valence-corrected chi connectivity index (χ1v) is 6.10. The fourth-order valence-electron chi connectivity index (χ4n) is 1.70. The molecule has 0 aliphatic heterocycles. The van der Waals surface area contributed by atoms with Crippen LogP contribution in [0.25, 0.3) is 0 Å². The lowest BCUT2D eigenvalue weighted by Gasteiger charge is -2.20. The van der Waals surface area contributed by atoms with Gasteiger partial charge in [0.05, 0.1) is 18.2 Å². The van der Waals surface area contributed by atoms with Gasteiger partial charge in [-0.15, -0.1) is 0 Å². The van der Waals surface area contributed by atoms with E-state index in [1.165, 1.54) is 0 Å². The molecule has 3 unspecified atom stereocenters. The summed E-state index contributed by atoms with van der Waals surface area (Å²) >= 11 is 6.06. The number of ether oxygens (including phenoxy) is 1. The Morgan fingerprint density at radius 2 is 2.06 bits per heavy atom. The van der Waals surface area contributed by atoms with Crippen molar-refractivity contribution in [2.45, 2.75) is 38.3 Å². The minimum Gasteiger partial charge on any atom is -0.495 e. The molecule has 0 aliphatic carbocycles. The molecule has 0 aliphatic rings. The molecule has 0 spiro atoms. The summed E-state index contributed by atoms with van der Waals surface area (Å²) in [6.45, 7) is 3.85. The van der Waals surface area contributed by atoms with E-state index in [2.05, 4.69) is 0 Å². The Morgan fingerprint density at radius 3 is 2.53 bits per heavy atom. The number of hydrogen-bond acceptors (Lipinski definition) is 3. The van der Waals surface area contributed by atoms with Gasteiger partial charge < -0.3 is 15.6 Å². The molecule has 0 radical (unpaired) electrons. The minimum absolute atomic E-state index is 0.208. The molecule has 1 aromatic carbocycles. The summed E-state index contributed by atoms with van der Waals surface area (Å²) in [7, 11) is 1.59. The number of halogens is 1. The van der Waals surface area contributed by atoms with Crippen molar-refractivity contribution in [3.63, 3.8) is 0 Å². The van der Waals surface area contributed by atoms with E-state index in [1.807, 2.05) is 25.1 Å². The van der Waals surface area contributed by atoms with Crippen molar-refractivity contribution in [3.8, 4) is 5.75 Å². The molecule has 1 aromatic rings. The van der Waals surface area contributed by atoms with Gasteiger partial charge in [-0.3, -0.25) is 0 Å².